The molecule has 0 aromatic rings. The number of nitrogens with zero attached hydrogens (tertiary/aromatic N) is 1. The highest BCUT2D eigenvalue weighted by Gasteiger charge is 2.49. The molecule has 0 aromatic carbocycles. The summed E-state index contributed by atoms with van der Waals surface area (Å²) >= 11 is 0. The Balaban J connectivity index is 1.63. The molecule has 1 saturated heterocycles. The third-order valence-electron chi connectivity index (χ3n) is 12.0. The Bertz CT molecular complexity index is 1200. The second-order valence-corrected chi connectivity index (χ2v) is 16.1. The van der Waals surface area contributed by atoms with Gasteiger partial charge >= 0.3 is 0 Å². The number of hydrogen-bond acceptors (Lipinski definition) is 9. The molecule has 0 radical (unpaired) electrons. The van der Waals surface area contributed by atoms with Crippen LogP contribution in [0, 0.1) is 23.2 Å². The minimum Gasteiger partial charge on any atom is -0.379 e. The molecule has 0 aromatic heterocycles. The summed E-state index contributed by atoms with van der Waals surface area (Å²) in [6, 6.07) is -4.43. The Morgan fingerprint density at radius 1 is 0.865 bits per heavy atom. The normalized spacial score (nSPS) is 32.0. The number of amides is 5. The zero-order valence-electron chi connectivity index (χ0n) is 32.1. The van der Waals surface area contributed by atoms with Crippen molar-refractivity contribution in [3.8, 4) is 0 Å². The topological polar surface area (TPSA) is 207 Å². The maximum atomic E-state index is 14.2. The van der Waals surface area contributed by atoms with E-state index in [0.717, 1.165) is 44.9 Å². The number of carbonyl (C=O) groups is 5. The molecule has 1 heterocycles. The first kappa shape index (κ1) is 41.9. The van der Waals surface area contributed by atoms with Crippen LogP contribution < -0.4 is 32.7 Å². The van der Waals surface area contributed by atoms with Crippen LogP contribution >= 0.6 is 0 Å². The van der Waals surface area contributed by atoms with Gasteiger partial charge in [0.05, 0.1) is 25.2 Å². The first-order chi connectivity index (χ1) is 24.9. The van der Waals surface area contributed by atoms with Crippen molar-refractivity contribution in [2.24, 2.45) is 34.6 Å². The smallest absolute Gasteiger partial charge is 0.245 e. The molecule has 4 fully saturated rings. The van der Waals surface area contributed by atoms with Gasteiger partial charge in [0.1, 0.15) is 24.2 Å². The van der Waals surface area contributed by atoms with Crippen molar-refractivity contribution in [2.75, 3.05) is 40.0 Å². The van der Waals surface area contributed by atoms with Crippen LogP contribution in [-0.2, 0) is 33.4 Å². The van der Waals surface area contributed by atoms with E-state index in [1.165, 1.54) is 24.2 Å². The largest absolute Gasteiger partial charge is 0.379 e. The third kappa shape index (κ3) is 11.1. The first-order valence-corrected chi connectivity index (χ1v) is 20.0. The van der Waals surface area contributed by atoms with Crippen LogP contribution in [0.1, 0.15) is 111 Å². The molecule has 14 nitrogen and oxygen atoms in total. The van der Waals surface area contributed by atoms with Crippen LogP contribution in [0.2, 0.25) is 0 Å². The van der Waals surface area contributed by atoms with E-state index in [0.29, 0.717) is 50.2 Å². The number of ether oxygens (including phenoxy) is 2. The van der Waals surface area contributed by atoms with Crippen molar-refractivity contribution in [1.29, 1.82) is 0 Å². The minimum atomic E-state index is -1.17. The fourth-order valence-corrected chi connectivity index (χ4v) is 8.67. The van der Waals surface area contributed by atoms with Crippen molar-refractivity contribution in [2.45, 2.75) is 147 Å². The van der Waals surface area contributed by atoms with Gasteiger partial charge in [0.2, 0.25) is 29.5 Å². The molecule has 4 rings (SSSR count). The maximum Gasteiger partial charge on any atom is 0.245 e. The van der Waals surface area contributed by atoms with Crippen LogP contribution in [0.5, 0.6) is 0 Å². The summed E-state index contributed by atoms with van der Waals surface area (Å²) < 4.78 is 12.2. The lowest BCUT2D eigenvalue weighted by atomic mass is 9.51. The van der Waals surface area contributed by atoms with E-state index in [2.05, 4.69) is 21.3 Å². The van der Waals surface area contributed by atoms with Crippen molar-refractivity contribution in [3.63, 3.8) is 0 Å². The highest BCUT2D eigenvalue weighted by molar-refractivity contribution is 5.96. The van der Waals surface area contributed by atoms with Gasteiger partial charge in [-0.1, -0.05) is 46.0 Å². The summed E-state index contributed by atoms with van der Waals surface area (Å²) in [6.07, 6.45) is 12.4. The van der Waals surface area contributed by atoms with Crippen molar-refractivity contribution < 1.29 is 33.4 Å². The molecular formula is C38H67N7O7. The average molecular weight is 734 g/mol. The van der Waals surface area contributed by atoms with E-state index in [9.17, 15) is 24.0 Å². The predicted molar refractivity (Wildman–Crippen MR) is 198 cm³/mol. The molecule has 296 valence electrons. The quantitative estimate of drug-likeness (QED) is 0.170. The van der Waals surface area contributed by atoms with Gasteiger partial charge in [0, 0.05) is 26.2 Å². The highest BCUT2D eigenvalue weighted by atomic mass is 16.5. The van der Waals surface area contributed by atoms with Gasteiger partial charge < -0.3 is 47.1 Å². The lowest BCUT2D eigenvalue weighted by molar-refractivity contribution is -0.148. The zero-order valence-corrected chi connectivity index (χ0v) is 32.1. The Hall–Kier alpha value is -2.81. The lowest BCUT2D eigenvalue weighted by Crippen LogP contribution is -2.62. The molecule has 7 atom stereocenters. The SMILES string of the molecule is CCC[C@H]1C(=O)N[C@@H](C2CCCCC2)C(=O)N[C@@H](CN)C(=O)N[C@@H](COCCCN)C(=O)N[C@H](C)CO[C@H](CC2CC3(CCC3)C2)[C@@H](C)C(=O)N1C. The van der Waals surface area contributed by atoms with Crippen LogP contribution in [0.4, 0.5) is 0 Å². The van der Waals surface area contributed by atoms with E-state index in [1.54, 1.807) is 7.05 Å². The molecule has 52 heavy (non-hydrogen) atoms. The van der Waals surface area contributed by atoms with E-state index in [-0.39, 0.29) is 31.6 Å². The Labute approximate surface area is 310 Å². The van der Waals surface area contributed by atoms with Gasteiger partial charge in [0.25, 0.3) is 0 Å². The standard InChI is InChI=1S/C38H67N7O7/c1-5-11-30-35(48)44-32(27-12-7-6-8-13-27)36(49)42-28(21-40)33(46)43-29(23-51-17-10-16-39)34(47)41-24(2)22-52-31(25(3)37(50)45(30)4)18-26-19-38(20-26)14-9-15-38/h24-32H,5-23,39-40H2,1-4H3,(H,41,47)(H,42,49)(H,43,46)(H,44,48)/t24-,25-,28+,29+,30+,31-,32+/m1/s1. The van der Waals surface area contributed by atoms with E-state index >= 15 is 0 Å². The van der Waals surface area contributed by atoms with Crippen LogP contribution in [0.25, 0.3) is 0 Å². The summed E-state index contributed by atoms with van der Waals surface area (Å²) in [6.45, 7) is 6.16. The summed E-state index contributed by atoms with van der Waals surface area (Å²) in [7, 11) is 1.66. The second-order valence-electron chi connectivity index (χ2n) is 16.1. The van der Waals surface area contributed by atoms with Gasteiger partial charge in [-0.3, -0.25) is 24.0 Å². The van der Waals surface area contributed by atoms with E-state index in [1.807, 2.05) is 20.8 Å². The molecule has 4 aliphatic rings. The van der Waals surface area contributed by atoms with E-state index < -0.39 is 65.9 Å². The molecule has 14 heteroatoms. The van der Waals surface area contributed by atoms with Crippen LogP contribution in [0.15, 0.2) is 0 Å². The highest BCUT2D eigenvalue weighted by Crippen LogP contribution is 2.60. The summed E-state index contributed by atoms with van der Waals surface area (Å²) in [5, 5.41) is 11.5. The van der Waals surface area contributed by atoms with E-state index in [4.69, 9.17) is 20.9 Å². The number of nitrogens with one attached hydrogen (secondary N) is 4. The predicted octanol–water partition coefficient (Wildman–Crippen LogP) is 1.48. The number of nitrogens with two attached hydrogens (primary N) is 2. The van der Waals surface area contributed by atoms with Gasteiger partial charge in [-0.15, -0.1) is 0 Å². The summed E-state index contributed by atoms with van der Waals surface area (Å²) in [5.74, 6) is -2.48. The first-order valence-electron chi connectivity index (χ1n) is 20.0. The lowest BCUT2D eigenvalue weighted by Gasteiger charge is -2.55. The molecule has 1 aliphatic heterocycles. The maximum absolute atomic E-state index is 14.2. The fraction of sp³-hybridized carbons (Fsp3) is 0.868. The Morgan fingerprint density at radius 3 is 2.15 bits per heavy atom. The number of rotatable bonds is 11. The second kappa shape index (κ2) is 20.0. The Kier molecular flexibility index (Phi) is 16.2. The Morgan fingerprint density at radius 2 is 1.54 bits per heavy atom. The zero-order chi connectivity index (χ0) is 37.8. The molecule has 0 bridgehead atoms. The summed E-state index contributed by atoms with van der Waals surface area (Å²) in [5.41, 5.74) is 12.1. The molecule has 8 N–H and O–H groups in total. The molecule has 3 aliphatic carbocycles. The van der Waals surface area contributed by atoms with Gasteiger partial charge in [0.15, 0.2) is 0 Å². The number of carbonyl (C=O) groups excluding carboxylic acids is 5. The van der Waals surface area contributed by atoms with Gasteiger partial charge in [-0.25, -0.2) is 0 Å². The summed E-state index contributed by atoms with van der Waals surface area (Å²) in [4.78, 5) is 71.1. The van der Waals surface area contributed by atoms with Crippen molar-refractivity contribution in [1.82, 2.24) is 26.2 Å². The van der Waals surface area contributed by atoms with Crippen molar-refractivity contribution >= 4 is 29.5 Å². The van der Waals surface area contributed by atoms with Crippen LogP contribution in [0.3, 0.4) is 0 Å². The van der Waals surface area contributed by atoms with Gasteiger partial charge in [-0.2, -0.15) is 0 Å². The third-order valence-corrected chi connectivity index (χ3v) is 12.0. The minimum absolute atomic E-state index is 0.111. The number of hydrogen-bond donors (Lipinski definition) is 6. The van der Waals surface area contributed by atoms with Gasteiger partial charge in [-0.05, 0) is 88.5 Å². The molecule has 0 unspecified atom stereocenters. The van der Waals surface area contributed by atoms with Crippen molar-refractivity contribution in [3.05, 3.63) is 0 Å². The fourth-order valence-electron chi connectivity index (χ4n) is 8.67. The monoisotopic (exact) mass is 734 g/mol. The molecular weight excluding hydrogens is 666 g/mol. The molecule has 3 saturated carbocycles. The number of likely N-dealkylation sites (N-methyl/N-ethyl adjacent to an activating group) is 1. The van der Waals surface area contributed by atoms with Crippen LogP contribution in [-0.4, -0.2) is 111 Å². The molecule has 1 spiro atoms. The average Bonchev–Trinajstić information content (AvgIpc) is 3.10. The molecule has 5 amide bonds.